The first-order chi connectivity index (χ1) is 8.13. The van der Waals surface area contributed by atoms with Gasteiger partial charge in [-0.15, -0.1) is 0 Å². The van der Waals surface area contributed by atoms with Crippen LogP contribution in [0, 0.1) is 13.8 Å². The first kappa shape index (κ1) is 12.2. The van der Waals surface area contributed by atoms with Gasteiger partial charge in [0.05, 0.1) is 5.52 Å². The van der Waals surface area contributed by atoms with E-state index >= 15 is 0 Å². The van der Waals surface area contributed by atoms with Crippen molar-refractivity contribution in [1.29, 1.82) is 0 Å². The molecule has 0 atom stereocenters. The third-order valence-electron chi connectivity index (χ3n) is 2.87. The molecule has 0 unspecified atom stereocenters. The minimum atomic E-state index is 0.767. The maximum absolute atomic E-state index is 6.20. The Labute approximate surface area is 107 Å². The van der Waals surface area contributed by atoms with Gasteiger partial charge in [-0.25, -0.2) is 4.98 Å². The van der Waals surface area contributed by atoms with E-state index in [0.29, 0.717) is 0 Å². The topological polar surface area (TPSA) is 24.9 Å². The average Bonchev–Trinajstić information content (AvgIpc) is 2.32. The van der Waals surface area contributed by atoms with Crippen LogP contribution in [0.2, 0.25) is 5.02 Å². The van der Waals surface area contributed by atoms with Gasteiger partial charge in [-0.3, -0.25) is 0 Å². The molecule has 2 rings (SSSR count). The molecule has 0 bridgehead atoms. The first-order valence-electron chi connectivity index (χ1n) is 5.93. The van der Waals surface area contributed by atoms with Crippen LogP contribution in [-0.4, -0.2) is 11.5 Å². The molecule has 1 aromatic carbocycles. The summed E-state index contributed by atoms with van der Waals surface area (Å²) < 4.78 is 0. The van der Waals surface area contributed by atoms with E-state index in [0.717, 1.165) is 45.8 Å². The Kier molecular flexibility index (Phi) is 3.53. The number of hydrogen-bond donors (Lipinski definition) is 1. The van der Waals surface area contributed by atoms with E-state index < -0.39 is 0 Å². The Morgan fingerprint density at radius 2 is 2.00 bits per heavy atom. The summed E-state index contributed by atoms with van der Waals surface area (Å²) in [5.41, 5.74) is 3.28. The summed E-state index contributed by atoms with van der Waals surface area (Å²) in [4.78, 5) is 4.68. The minimum absolute atomic E-state index is 0.767. The molecular formula is C14H17ClN2. The smallest absolute Gasteiger partial charge is 0.129 e. The molecule has 0 saturated heterocycles. The Morgan fingerprint density at radius 3 is 2.71 bits per heavy atom. The van der Waals surface area contributed by atoms with Crippen LogP contribution in [-0.2, 0) is 0 Å². The van der Waals surface area contributed by atoms with Gasteiger partial charge in [0, 0.05) is 17.0 Å². The van der Waals surface area contributed by atoms with E-state index in [9.17, 15) is 0 Å². The lowest BCUT2D eigenvalue weighted by Crippen LogP contribution is -2.04. The lowest BCUT2D eigenvalue weighted by molar-refractivity contribution is 0.968. The normalized spacial score (nSPS) is 10.8. The van der Waals surface area contributed by atoms with Gasteiger partial charge >= 0.3 is 0 Å². The fraction of sp³-hybridized carbons (Fsp3) is 0.357. The summed E-state index contributed by atoms with van der Waals surface area (Å²) in [6, 6.07) is 6.05. The van der Waals surface area contributed by atoms with Gasteiger partial charge in [0.15, 0.2) is 0 Å². The molecule has 2 nitrogen and oxygen atoms in total. The Hall–Kier alpha value is -1.28. The molecule has 0 radical (unpaired) electrons. The summed E-state index contributed by atoms with van der Waals surface area (Å²) in [5, 5.41) is 5.15. The van der Waals surface area contributed by atoms with Crippen LogP contribution in [0.5, 0.6) is 0 Å². The molecule has 1 N–H and O–H groups in total. The zero-order valence-corrected chi connectivity index (χ0v) is 11.2. The number of pyridine rings is 1. The molecule has 1 heterocycles. The van der Waals surface area contributed by atoms with Gasteiger partial charge in [-0.05, 0) is 43.5 Å². The number of aromatic nitrogens is 1. The minimum Gasteiger partial charge on any atom is -0.370 e. The lowest BCUT2D eigenvalue weighted by Gasteiger charge is -2.11. The SMILES string of the molecule is CCCNc1nc2c(C)ccc(Cl)c2cc1C. The number of aryl methyl sites for hydroxylation is 2. The first-order valence-corrected chi connectivity index (χ1v) is 6.31. The fourth-order valence-electron chi connectivity index (χ4n) is 1.89. The van der Waals surface area contributed by atoms with Gasteiger partial charge in [0.25, 0.3) is 0 Å². The summed E-state index contributed by atoms with van der Waals surface area (Å²) in [6.45, 7) is 7.21. The van der Waals surface area contributed by atoms with E-state index in [1.54, 1.807) is 0 Å². The number of rotatable bonds is 3. The number of hydrogen-bond acceptors (Lipinski definition) is 2. The summed E-state index contributed by atoms with van der Waals surface area (Å²) in [6.07, 6.45) is 1.09. The highest BCUT2D eigenvalue weighted by molar-refractivity contribution is 6.35. The predicted octanol–water partition coefficient (Wildman–Crippen LogP) is 4.33. The molecule has 0 aliphatic heterocycles. The highest BCUT2D eigenvalue weighted by Gasteiger charge is 2.07. The molecule has 17 heavy (non-hydrogen) atoms. The van der Waals surface area contributed by atoms with Crippen molar-refractivity contribution >= 4 is 28.3 Å². The lowest BCUT2D eigenvalue weighted by atomic mass is 10.1. The van der Waals surface area contributed by atoms with Gasteiger partial charge < -0.3 is 5.32 Å². The van der Waals surface area contributed by atoms with Crippen molar-refractivity contribution in [2.75, 3.05) is 11.9 Å². The largest absolute Gasteiger partial charge is 0.370 e. The number of nitrogens with one attached hydrogen (secondary N) is 1. The van der Waals surface area contributed by atoms with Gasteiger partial charge in [-0.1, -0.05) is 24.6 Å². The van der Waals surface area contributed by atoms with Crippen molar-refractivity contribution in [2.45, 2.75) is 27.2 Å². The zero-order valence-electron chi connectivity index (χ0n) is 10.5. The molecule has 0 aliphatic rings. The number of fused-ring (bicyclic) bond motifs is 1. The average molecular weight is 249 g/mol. The van der Waals surface area contributed by atoms with Crippen molar-refractivity contribution in [3.05, 3.63) is 34.3 Å². The van der Waals surface area contributed by atoms with Crippen LogP contribution in [0.4, 0.5) is 5.82 Å². The quantitative estimate of drug-likeness (QED) is 0.875. The van der Waals surface area contributed by atoms with Crippen LogP contribution < -0.4 is 5.32 Å². The van der Waals surface area contributed by atoms with Crippen molar-refractivity contribution in [1.82, 2.24) is 4.98 Å². The summed E-state index contributed by atoms with van der Waals surface area (Å²) in [7, 11) is 0. The Morgan fingerprint density at radius 1 is 1.24 bits per heavy atom. The molecule has 3 heteroatoms. The van der Waals surface area contributed by atoms with Crippen molar-refractivity contribution in [3.63, 3.8) is 0 Å². The second-order valence-electron chi connectivity index (χ2n) is 4.34. The standard InChI is InChI=1S/C14H17ClN2/c1-4-7-16-14-10(3)8-11-12(15)6-5-9(2)13(11)17-14/h5-6,8H,4,7H2,1-3H3,(H,16,17). The second-order valence-corrected chi connectivity index (χ2v) is 4.75. The monoisotopic (exact) mass is 248 g/mol. The number of nitrogens with zero attached hydrogens (tertiary/aromatic N) is 1. The maximum Gasteiger partial charge on any atom is 0.129 e. The number of benzene rings is 1. The van der Waals surface area contributed by atoms with Crippen molar-refractivity contribution in [3.8, 4) is 0 Å². The Bertz CT molecular complexity index is 549. The van der Waals surface area contributed by atoms with Crippen LogP contribution in [0.1, 0.15) is 24.5 Å². The molecule has 0 spiro atoms. The summed E-state index contributed by atoms with van der Waals surface area (Å²) in [5.74, 6) is 0.963. The van der Waals surface area contributed by atoms with Gasteiger partial charge in [-0.2, -0.15) is 0 Å². The van der Waals surface area contributed by atoms with E-state index in [4.69, 9.17) is 11.6 Å². The van der Waals surface area contributed by atoms with E-state index in [2.05, 4.69) is 37.1 Å². The number of halogens is 1. The van der Waals surface area contributed by atoms with Crippen LogP contribution in [0.25, 0.3) is 10.9 Å². The molecular weight excluding hydrogens is 232 g/mol. The second kappa shape index (κ2) is 4.92. The molecule has 0 amide bonds. The van der Waals surface area contributed by atoms with Crippen molar-refractivity contribution < 1.29 is 0 Å². The van der Waals surface area contributed by atoms with Crippen LogP contribution >= 0.6 is 11.6 Å². The van der Waals surface area contributed by atoms with Gasteiger partial charge in [0.2, 0.25) is 0 Å². The molecule has 0 saturated carbocycles. The Balaban J connectivity index is 2.59. The molecule has 0 aliphatic carbocycles. The molecule has 2 aromatic rings. The van der Waals surface area contributed by atoms with Crippen LogP contribution in [0.15, 0.2) is 18.2 Å². The van der Waals surface area contributed by atoms with Crippen molar-refractivity contribution in [2.24, 2.45) is 0 Å². The fourth-order valence-corrected chi connectivity index (χ4v) is 2.09. The third kappa shape index (κ3) is 2.37. The van der Waals surface area contributed by atoms with Crippen LogP contribution in [0.3, 0.4) is 0 Å². The van der Waals surface area contributed by atoms with E-state index in [-0.39, 0.29) is 0 Å². The summed E-state index contributed by atoms with van der Waals surface area (Å²) >= 11 is 6.20. The third-order valence-corrected chi connectivity index (χ3v) is 3.20. The van der Waals surface area contributed by atoms with E-state index in [1.165, 1.54) is 0 Å². The predicted molar refractivity (Wildman–Crippen MR) is 75.0 cm³/mol. The molecule has 90 valence electrons. The zero-order chi connectivity index (χ0) is 12.4. The maximum atomic E-state index is 6.20. The highest BCUT2D eigenvalue weighted by atomic mass is 35.5. The number of anilines is 1. The highest BCUT2D eigenvalue weighted by Crippen LogP contribution is 2.28. The van der Waals surface area contributed by atoms with E-state index in [1.807, 2.05) is 12.1 Å². The molecule has 1 aromatic heterocycles. The van der Waals surface area contributed by atoms with Gasteiger partial charge in [0.1, 0.15) is 5.82 Å². The molecule has 0 fully saturated rings.